The second kappa shape index (κ2) is 9.50. The first-order valence-electron chi connectivity index (χ1n) is 7.08. The summed E-state index contributed by atoms with van der Waals surface area (Å²) < 4.78 is 38.1. The number of aromatic nitrogens is 2. The van der Waals surface area contributed by atoms with E-state index < -0.39 is 12.6 Å². The highest BCUT2D eigenvalue weighted by molar-refractivity contribution is 14.0. The van der Waals surface area contributed by atoms with Crippen LogP contribution in [0.3, 0.4) is 0 Å². The zero-order valence-corrected chi connectivity index (χ0v) is 15.4. The smallest absolute Gasteiger partial charge is 0.356 e. The van der Waals surface area contributed by atoms with Crippen molar-refractivity contribution in [1.82, 2.24) is 20.4 Å². The summed E-state index contributed by atoms with van der Waals surface area (Å²) >= 11 is 0. The Kier molecular flexibility index (Phi) is 8.02. The monoisotopic (exact) mass is 453 g/mol. The van der Waals surface area contributed by atoms with E-state index in [2.05, 4.69) is 20.7 Å². The molecule has 0 saturated heterocycles. The van der Waals surface area contributed by atoms with Crippen LogP contribution in [0.5, 0.6) is 0 Å². The molecule has 0 radical (unpaired) electrons. The predicted molar refractivity (Wildman–Crippen MR) is 97.9 cm³/mol. The number of benzene rings is 1. The van der Waals surface area contributed by atoms with Crippen molar-refractivity contribution in [2.24, 2.45) is 4.99 Å². The lowest BCUT2D eigenvalue weighted by Gasteiger charge is -2.12. The van der Waals surface area contributed by atoms with Crippen molar-refractivity contribution in [1.29, 1.82) is 0 Å². The molecule has 5 nitrogen and oxygen atoms in total. The Hall–Kier alpha value is -1.78. The Morgan fingerprint density at radius 3 is 2.54 bits per heavy atom. The van der Waals surface area contributed by atoms with Crippen molar-refractivity contribution < 1.29 is 13.2 Å². The second-order valence-corrected chi connectivity index (χ2v) is 4.85. The molecule has 9 heteroatoms. The van der Waals surface area contributed by atoms with Crippen molar-refractivity contribution in [3.05, 3.63) is 48.3 Å². The number of guanidine groups is 1. The van der Waals surface area contributed by atoms with Crippen molar-refractivity contribution in [3.63, 3.8) is 0 Å². The molecule has 0 atom stereocenters. The van der Waals surface area contributed by atoms with Crippen molar-refractivity contribution >= 4 is 29.9 Å². The third-order valence-corrected chi connectivity index (χ3v) is 3.04. The molecule has 0 amide bonds. The van der Waals surface area contributed by atoms with E-state index in [1.54, 1.807) is 10.9 Å². The van der Waals surface area contributed by atoms with E-state index in [0.717, 1.165) is 11.3 Å². The van der Waals surface area contributed by atoms with Crippen LogP contribution in [-0.2, 0) is 6.54 Å². The molecular weight excluding hydrogens is 434 g/mol. The minimum Gasteiger partial charge on any atom is -0.356 e. The number of hydrogen-bond acceptors (Lipinski definition) is 2. The van der Waals surface area contributed by atoms with Gasteiger partial charge in [0.05, 0.1) is 18.3 Å². The topological polar surface area (TPSA) is 54.2 Å². The maximum absolute atomic E-state index is 12.1. The summed E-state index contributed by atoms with van der Waals surface area (Å²) in [6.45, 7) is 0.199. The highest BCUT2D eigenvalue weighted by Gasteiger charge is 2.26. The third-order valence-electron chi connectivity index (χ3n) is 3.04. The van der Waals surface area contributed by atoms with Gasteiger partial charge in [-0.1, -0.05) is 18.2 Å². The summed E-state index contributed by atoms with van der Waals surface area (Å²) in [6.07, 6.45) is -1.53. The van der Waals surface area contributed by atoms with E-state index in [1.165, 1.54) is 7.05 Å². The standard InChI is InChI=1S/C15H18F3N5.HI/c1-19-14(20-8-7-15(16,17)18)21-9-12-10-22-23(11-12)13-5-3-2-4-6-13;/h2-6,10-11H,7-9H2,1H3,(H2,19,20,21);1H. The predicted octanol–water partition coefficient (Wildman–Crippen LogP) is 3.11. The lowest BCUT2D eigenvalue weighted by atomic mass is 10.3. The van der Waals surface area contributed by atoms with Gasteiger partial charge in [0.25, 0.3) is 0 Å². The van der Waals surface area contributed by atoms with Crippen molar-refractivity contribution in [2.75, 3.05) is 13.6 Å². The summed E-state index contributed by atoms with van der Waals surface area (Å²) in [5.74, 6) is 0.321. The fourth-order valence-corrected chi connectivity index (χ4v) is 1.90. The Morgan fingerprint density at radius 2 is 1.92 bits per heavy atom. The van der Waals surface area contributed by atoms with Gasteiger partial charge in [-0.05, 0) is 12.1 Å². The maximum atomic E-state index is 12.1. The van der Waals surface area contributed by atoms with Crippen LogP contribution in [-0.4, -0.2) is 35.5 Å². The fraction of sp³-hybridized carbons (Fsp3) is 0.333. The van der Waals surface area contributed by atoms with Crippen LogP contribution < -0.4 is 10.6 Å². The van der Waals surface area contributed by atoms with Gasteiger partial charge in [0.15, 0.2) is 5.96 Å². The van der Waals surface area contributed by atoms with Gasteiger partial charge in [-0.3, -0.25) is 4.99 Å². The number of para-hydroxylation sites is 1. The molecule has 0 aliphatic rings. The van der Waals surface area contributed by atoms with Crippen molar-refractivity contribution in [3.8, 4) is 5.69 Å². The number of rotatable bonds is 5. The van der Waals surface area contributed by atoms with Crippen LogP contribution in [0.4, 0.5) is 13.2 Å². The quantitative estimate of drug-likeness (QED) is 0.416. The van der Waals surface area contributed by atoms with E-state index >= 15 is 0 Å². The largest absolute Gasteiger partial charge is 0.390 e. The van der Waals surface area contributed by atoms with Gasteiger partial charge in [0.2, 0.25) is 0 Å². The SMILES string of the molecule is CN=C(NCCC(F)(F)F)NCc1cnn(-c2ccccc2)c1.I. The zero-order chi connectivity index (χ0) is 16.7. The summed E-state index contributed by atoms with van der Waals surface area (Å²) in [4.78, 5) is 3.89. The summed E-state index contributed by atoms with van der Waals surface area (Å²) in [7, 11) is 1.51. The molecule has 0 bridgehead atoms. The van der Waals surface area contributed by atoms with E-state index in [1.807, 2.05) is 36.5 Å². The van der Waals surface area contributed by atoms with Crippen LogP contribution >= 0.6 is 24.0 Å². The highest BCUT2D eigenvalue weighted by atomic mass is 127. The van der Waals surface area contributed by atoms with Gasteiger partial charge >= 0.3 is 6.18 Å². The molecule has 24 heavy (non-hydrogen) atoms. The maximum Gasteiger partial charge on any atom is 0.390 e. The molecule has 2 N–H and O–H groups in total. The van der Waals surface area contributed by atoms with Gasteiger partial charge in [0.1, 0.15) is 0 Å². The Labute approximate surface area is 155 Å². The van der Waals surface area contributed by atoms with Crippen LogP contribution in [0.1, 0.15) is 12.0 Å². The molecule has 0 aliphatic heterocycles. The van der Waals surface area contributed by atoms with Gasteiger partial charge in [-0.2, -0.15) is 18.3 Å². The molecule has 2 aromatic rings. The molecule has 0 unspecified atom stereocenters. The normalized spacial score (nSPS) is 11.8. The van der Waals surface area contributed by atoms with E-state index in [9.17, 15) is 13.2 Å². The van der Waals surface area contributed by atoms with Crippen LogP contribution in [0.25, 0.3) is 5.69 Å². The van der Waals surface area contributed by atoms with E-state index in [4.69, 9.17) is 0 Å². The summed E-state index contributed by atoms with van der Waals surface area (Å²) in [5.41, 5.74) is 1.83. The van der Waals surface area contributed by atoms with Crippen LogP contribution in [0.15, 0.2) is 47.7 Å². The lowest BCUT2D eigenvalue weighted by Crippen LogP contribution is -2.38. The summed E-state index contributed by atoms with van der Waals surface area (Å²) in [6, 6.07) is 9.62. The number of nitrogens with one attached hydrogen (secondary N) is 2. The first kappa shape index (κ1) is 20.3. The zero-order valence-electron chi connectivity index (χ0n) is 13.0. The van der Waals surface area contributed by atoms with E-state index in [-0.39, 0.29) is 30.5 Å². The minimum atomic E-state index is -4.18. The van der Waals surface area contributed by atoms with Crippen molar-refractivity contribution in [2.45, 2.75) is 19.1 Å². The van der Waals surface area contributed by atoms with Gasteiger partial charge < -0.3 is 10.6 Å². The number of alkyl halides is 3. The highest BCUT2D eigenvalue weighted by Crippen LogP contribution is 2.18. The van der Waals surface area contributed by atoms with Gasteiger partial charge in [-0.15, -0.1) is 24.0 Å². The Balaban J connectivity index is 0.00000288. The molecule has 2 rings (SSSR count). The minimum absolute atomic E-state index is 0. The average molecular weight is 453 g/mol. The molecule has 0 aliphatic carbocycles. The molecule has 0 spiro atoms. The molecule has 1 aromatic heterocycles. The Morgan fingerprint density at radius 1 is 1.21 bits per heavy atom. The summed E-state index contributed by atoms with van der Waals surface area (Å²) in [5, 5.41) is 9.83. The molecule has 0 fully saturated rings. The van der Waals surface area contributed by atoms with Crippen LogP contribution in [0.2, 0.25) is 0 Å². The molecule has 132 valence electrons. The number of halogens is 4. The number of nitrogens with zero attached hydrogens (tertiary/aromatic N) is 3. The van der Waals surface area contributed by atoms with E-state index in [0.29, 0.717) is 12.5 Å². The third kappa shape index (κ3) is 6.77. The van der Waals surface area contributed by atoms with Crippen LogP contribution in [0, 0.1) is 0 Å². The first-order chi connectivity index (χ1) is 11.0. The Bertz CT molecular complexity index is 640. The lowest BCUT2D eigenvalue weighted by molar-refractivity contribution is -0.132. The first-order valence-corrected chi connectivity index (χ1v) is 7.08. The van der Waals surface area contributed by atoms with Gasteiger partial charge in [-0.25, -0.2) is 4.68 Å². The second-order valence-electron chi connectivity index (χ2n) is 4.85. The fourth-order valence-electron chi connectivity index (χ4n) is 1.90. The number of aliphatic imine (C=N–C) groups is 1. The number of hydrogen-bond donors (Lipinski definition) is 2. The molecule has 1 heterocycles. The molecule has 1 aromatic carbocycles. The molecular formula is C15H19F3IN5. The average Bonchev–Trinajstić information content (AvgIpc) is 2.99. The van der Waals surface area contributed by atoms with Gasteiger partial charge in [0, 0.05) is 31.9 Å². The molecule has 0 saturated carbocycles.